The number of fused-ring (bicyclic) bond motifs is 5. The molecule has 9 nitrogen and oxygen atoms in total. The molecule has 0 amide bonds. The quantitative estimate of drug-likeness (QED) is 0.391. The summed E-state index contributed by atoms with van der Waals surface area (Å²) < 4.78 is 21.7. The van der Waals surface area contributed by atoms with Crippen LogP contribution in [0.2, 0.25) is 0 Å². The number of phosphoric acid groups is 1. The van der Waals surface area contributed by atoms with Crippen molar-refractivity contribution in [2.24, 2.45) is 28.6 Å². The van der Waals surface area contributed by atoms with Gasteiger partial charge in [0.15, 0.2) is 11.4 Å². The van der Waals surface area contributed by atoms with Crippen LogP contribution in [-0.2, 0) is 33.0 Å². The molecule has 0 spiro atoms. The van der Waals surface area contributed by atoms with E-state index in [0.29, 0.717) is 25.7 Å². The average Bonchev–Trinajstić information content (AvgIpc) is 3.04. The maximum atomic E-state index is 13.8. The van der Waals surface area contributed by atoms with Gasteiger partial charge in [0.05, 0.1) is 0 Å². The van der Waals surface area contributed by atoms with Crippen LogP contribution >= 0.6 is 7.82 Å². The molecule has 0 aromatic carbocycles. The molecule has 35 heavy (non-hydrogen) atoms. The van der Waals surface area contributed by atoms with E-state index in [1.54, 1.807) is 19.9 Å². The first-order valence-corrected chi connectivity index (χ1v) is 13.7. The second-order valence-corrected chi connectivity index (χ2v) is 12.1. The predicted octanol–water partition coefficient (Wildman–Crippen LogP) is 3.23. The summed E-state index contributed by atoms with van der Waals surface area (Å²) in [5, 5.41) is 0. The van der Waals surface area contributed by atoms with Crippen molar-refractivity contribution in [3.63, 3.8) is 0 Å². The number of rotatable bonds is 7. The molecule has 3 saturated carbocycles. The van der Waals surface area contributed by atoms with Gasteiger partial charge < -0.3 is 14.5 Å². The molecule has 2 N–H and O–H groups in total. The predicted molar refractivity (Wildman–Crippen MR) is 124 cm³/mol. The van der Waals surface area contributed by atoms with Crippen molar-refractivity contribution >= 4 is 31.1 Å². The minimum atomic E-state index is -4.93. The van der Waals surface area contributed by atoms with E-state index in [1.165, 1.54) is 6.08 Å². The standard InChI is InChI=1S/C25H33O9P/c1-4-5-21(29)34-25(20(28)14-33-35(30,31)32)11-9-18-17-7-6-15-12-16(26)8-10-23(15,2)22(17)19(27)13-24(18,25)3/h8,10,12,17-18,22H,4-7,9,11,13-14H2,1-3H3,(H2,30,31,32)/t17-,18-,22+,23-,24-,25-/m0/s1. The Balaban J connectivity index is 1.73. The fourth-order valence-electron chi connectivity index (χ4n) is 7.41. The number of phosphoric ester groups is 1. The molecule has 10 heteroatoms. The molecule has 6 atom stereocenters. The maximum Gasteiger partial charge on any atom is 0.470 e. The van der Waals surface area contributed by atoms with Gasteiger partial charge in [0.25, 0.3) is 0 Å². The van der Waals surface area contributed by atoms with E-state index in [2.05, 4.69) is 4.52 Å². The lowest BCUT2D eigenvalue weighted by Crippen LogP contribution is -2.62. The Morgan fingerprint density at radius 3 is 2.57 bits per heavy atom. The van der Waals surface area contributed by atoms with Crippen LogP contribution in [0.4, 0.5) is 0 Å². The lowest BCUT2D eigenvalue weighted by atomic mass is 9.46. The van der Waals surface area contributed by atoms with Gasteiger partial charge >= 0.3 is 13.8 Å². The molecule has 0 aromatic heterocycles. The first-order valence-electron chi connectivity index (χ1n) is 12.2. The largest absolute Gasteiger partial charge is 0.470 e. The van der Waals surface area contributed by atoms with Crippen LogP contribution in [0.3, 0.4) is 0 Å². The molecular formula is C25H33O9P. The lowest BCUT2D eigenvalue weighted by molar-refractivity contribution is -0.191. The van der Waals surface area contributed by atoms with E-state index >= 15 is 0 Å². The molecule has 4 aliphatic rings. The third-order valence-corrected chi connectivity index (χ3v) is 9.40. The Morgan fingerprint density at radius 1 is 1.20 bits per heavy atom. The average molecular weight is 509 g/mol. The van der Waals surface area contributed by atoms with E-state index in [4.69, 9.17) is 14.5 Å². The first-order chi connectivity index (χ1) is 16.3. The minimum absolute atomic E-state index is 0.00938. The second kappa shape index (κ2) is 8.87. The number of ketones is 3. The molecule has 4 aliphatic carbocycles. The van der Waals surface area contributed by atoms with Crippen molar-refractivity contribution in [3.05, 3.63) is 23.8 Å². The normalized spacial score (nSPS) is 38.3. The minimum Gasteiger partial charge on any atom is -0.450 e. The van der Waals surface area contributed by atoms with Gasteiger partial charge in [-0.2, -0.15) is 0 Å². The number of esters is 1. The molecule has 0 aromatic rings. The monoisotopic (exact) mass is 508 g/mol. The molecule has 3 fully saturated rings. The highest BCUT2D eigenvalue weighted by Gasteiger charge is 2.70. The van der Waals surface area contributed by atoms with Gasteiger partial charge in [-0.25, -0.2) is 4.57 Å². The smallest absolute Gasteiger partial charge is 0.450 e. The fraction of sp³-hybridized carbons (Fsp3) is 0.680. The van der Waals surface area contributed by atoms with E-state index in [9.17, 15) is 23.7 Å². The van der Waals surface area contributed by atoms with Crippen LogP contribution < -0.4 is 0 Å². The molecule has 0 radical (unpaired) electrons. The van der Waals surface area contributed by atoms with Gasteiger partial charge in [-0.3, -0.25) is 23.7 Å². The number of carbonyl (C=O) groups excluding carboxylic acids is 4. The van der Waals surface area contributed by atoms with Crippen LogP contribution in [0.1, 0.15) is 65.7 Å². The van der Waals surface area contributed by atoms with Gasteiger partial charge in [-0.05, 0) is 56.1 Å². The second-order valence-electron chi connectivity index (χ2n) is 10.8. The highest BCUT2D eigenvalue weighted by molar-refractivity contribution is 7.46. The zero-order valence-corrected chi connectivity index (χ0v) is 21.2. The summed E-state index contributed by atoms with van der Waals surface area (Å²) in [5.74, 6) is -2.00. The highest BCUT2D eigenvalue weighted by Crippen LogP contribution is 2.67. The third-order valence-electron chi connectivity index (χ3n) is 8.93. The van der Waals surface area contributed by atoms with E-state index in [0.717, 1.165) is 5.57 Å². The first kappa shape index (κ1) is 26.1. The Morgan fingerprint density at radius 2 is 1.91 bits per heavy atom. The summed E-state index contributed by atoms with van der Waals surface area (Å²) in [6, 6.07) is 0. The molecule has 0 bridgehead atoms. The zero-order valence-electron chi connectivity index (χ0n) is 20.3. The number of hydrogen-bond donors (Lipinski definition) is 2. The molecule has 0 unspecified atom stereocenters. The molecule has 0 aliphatic heterocycles. The number of ether oxygens (including phenoxy) is 1. The SMILES string of the molecule is CCCC(=O)O[C@]1(C(=O)COP(=O)(O)O)CC[C@H]2[C@@H]3CCC4=CC(=O)C=C[C@]4(C)[C@H]3C(=O)C[C@@]21C. The number of allylic oxidation sites excluding steroid dienone is 4. The van der Waals surface area contributed by atoms with Crippen molar-refractivity contribution in [1.29, 1.82) is 0 Å². The van der Waals surface area contributed by atoms with Crippen LogP contribution in [0.15, 0.2) is 23.8 Å². The summed E-state index contributed by atoms with van der Waals surface area (Å²) >= 11 is 0. The van der Waals surface area contributed by atoms with Gasteiger partial charge in [-0.1, -0.05) is 32.4 Å². The molecule has 192 valence electrons. The van der Waals surface area contributed by atoms with Crippen LogP contribution in [0, 0.1) is 28.6 Å². The van der Waals surface area contributed by atoms with E-state index in [-0.39, 0.29) is 48.6 Å². The van der Waals surface area contributed by atoms with Crippen LogP contribution in [0.5, 0.6) is 0 Å². The number of carbonyl (C=O) groups is 4. The van der Waals surface area contributed by atoms with Gasteiger partial charge in [0.1, 0.15) is 12.4 Å². The lowest BCUT2D eigenvalue weighted by Gasteiger charge is -2.57. The van der Waals surface area contributed by atoms with Crippen molar-refractivity contribution in [2.45, 2.75) is 71.3 Å². The number of hydrogen-bond acceptors (Lipinski definition) is 7. The topological polar surface area (TPSA) is 144 Å². The summed E-state index contributed by atoms with van der Waals surface area (Å²) in [6.07, 6.45) is 7.59. The summed E-state index contributed by atoms with van der Waals surface area (Å²) in [4.78, 5) is 70.2. The Labute approximate surface area is 204 Å². The van der Waals surface area contributed by atoms with E-state index in [1.807, 2.05) is 13.0 Å². The van der Waals surface area contributed by atoms with Crippen LogP contribution in [-0.4, -0.2) is 45.3 Å². The van der Waals surface area contributed by atoms with Crippen molar-refractivity contribution in [1.82, 2.24) is 0 Å². The highest BCUT2D eigenvalue weighted by atomic mass is 31.2. The Hall–Kier alpha value is -1.93. The molecule has 0 saturated heterocycles. The summed E-state index contributed by atoms with van der Waals surface area (Å²) in [6.45, 7) is 4.67. The van der Waals surface area contributed by atoms with Gasteiger partial charge in [0, 0.05) is 29.6 Å². The summed E-state index contributed by atoms with van der Waals surface area (Å²) in [5.41, 5.74) is -2.36. The summed E-state index contributed by atoms with van der Waals surface area (Å²) in [7, 11) is -4.93. The van der Waals surface area contributed by atoms with Crippen LogP contribution in [0.25, 0.3) is 0 Å². The third kappa shape index (κ3) is 4.20. The van der Waals surface area contributed by atoms with Gasteiger partial charge in [0.2, 0.25) is 5.78 Å². The Bertz CT molecular complexity index is 1070. The van der Waals surface area contributed by atoms with Crippen molar-refractivity contribution < 1.29 is 42.8 Å². The molecule has 0 heterocycles. The van der Waals surface area contributed by atoms with E-state index < -0.39 is 42.6 Å². The molecule has 4 rings (SSSR count). The fourth-order valence-corrected chi connectivity index (χ4v) is 7.69. The van der Waals surface area contributed by atoms with Gasteiger partial charge in [-0.15, -0.1) is 0 Å². The maximum absolute atomic E-state index is 13.8. The number of Topliss-reactive ketones (excluding diaryl/α,β-unsaturated/α-hetero) is 2. The molecular weight excluding hydrogens is 475 g/mol. The van der Waals surface area contributed by atoms with Crippen molar-refractivity contribution in [3.8, 4) is 0 Å². The Kier molecular flexibility index (Phi) is 6.63. The van der Waals surface area contributed by atoms with Crippen molar-refractivity contribution in [2.75, 3.05) is 6.61 Å². The zero-order chi connectivity index (χ0) is 25.8.